The molecule has 4 N–H and O–H groups in total. The van der Waals surface area contributed by atoms with Gasteiger partial charge in [-0.3, -0.25) is 0 Å². The van der Waals surface area contributed by atoms with Crippen LogP contribution in [0.3, 0.4) is 0 Å². The summed E-state index contributed by atoms with van der Waals surface area (Å²) in [6.07, 6.45) is 0. The van der Waals surface area contributed by atoms with Crippen molar-refractivity contribution >= 4 is 23.1 Å². The third kappa shape index (κ3) is 4.54. The molecule has 0 bridgehead atoms. The van der Waals surface area contributed by atoms with Gasteiger partial charge < -0.3 is 25.8 Å². The van der Waals surface area contributed by atoms with Crippen LogP contribution >= 0.6 is 0 Å². The summed E-state index contributed by atoms with van der Waals surface area (Å²) in [6.45, 7) is 4.67. The van der Waals surface area contributed by atoms with Crippen molar-refractivity contribution in [3.05, 3.63) is 42.5 Å². The molecule has 0 spiro atoms. The maximum Gasteiger partial charge on any atom is 0.323 e. The Morgan fingerprint density at radius 2 is 1.65 bits per heavy atom. The molecular weight excluding hydrogens is 294 g/mol. The van der Waals surface area contributed by atoms with E-state index < -0.39 is 0 Å². The van der Waals surface area contributed by atoms with Crippen LogP contribution in [0.2, 0.25) is 0 Å². The summed E-state index contributed by atoms with van der Waals surface area (Å²) < 4.78 is 11.0. The van der Waals surface area contributed by atoms with Gasteiger partial charge in [0.15, 0.2) is 0 Å². The zero-order chi connectivity index (χ0) is 16.7. The maximum atomic E-state index is 12.1. The molecule has 0 fully saturated rings. The van der Waals surface area contributed by atoms with Gasteiger partial charge in [0.2, 0.25) is 0 Å². The van der Waals surface area contributed by atoms with E-state index in [0.29, 0.717) is 41.8 Å². The Bertz CT molecular complexity index is 660. The van der Waals surface area contributed by atoms with Crippen LogP contribution in [0.25, 0.3) is 0 Å². The van der Waals surface area contributed by atoms with Gasteiger partial charge in [-0.2, -0.15) is 0 Å². The van der Waals surface area contributed by atoms with E-state index in [2.05, 4.69) is 10.6 Å². The highest BCUT2D eigenvalue weighted by Crippen LogP contribution is 2.35. The van der Waals surface area contributed by atoms with Crippen LogP contribution in [0, 0.1) is 0 Å². The number of hydrogen-bond acceptors (Lipinski definition) is 4. The van der Waals surface area contributed by atoms with E-state index in [9.17, 15) is 4.79 Å². The minimum atomic E-state index is -0.371. The third-order valence-corrected chi connectivity index (χ3v) is 2.99. The molecule has 0 saturated carbocycles. The SMILES string of the molecule is CCOc1cc(NC(=O)Nc2ccccc2)c(OCC)cc1N. The Hall–Kier alpha value is -2.89. The Labute approximate surface area is 135 Å². The summed E-state index contributed by atoms with van der Waals surface area (Å²) in [4.78, 5) is 12.1. The van der Waals surface area contributed by atoms with Crippen LogP contribution in [-0.4, -0.2) is 19.2 Å². The average Bonchev–Trinajstić information content (AvgIpc) is 2.53. The molecule has 23 heavy (non-hydrogen) atoms. The lowest BCUT2D eigenvalue weighted by Gasteiger charge is -2.16. The summed E-state index contributed by atoms with van der Waals surface area (Å²) in [7, 11) is 0. The van der Waals surface area contributed by atoms with E-state index in [1.54, 1.807) is 24.3 Å². The Balaban J connectivity index is 2.19. The lowest BCUT2D eigenvalue weighted by molar-refractivity contribution is 0.262. The second kappa shape index (κ2) is 7.93. The number of urea groups is 1. The van der Waals surface area contributed by atoms with Crippen LogP contribution < -0.4 is 25.8 Å². The molecule has 2 amide bonds. The molecule has 0 atom stereocenters. The number of amides is 2. The van der Waals surface area contributed by atoms with Crippen molar-refractivity contribution in [1.82, 2.24) is 0 Å². The first-order valence-electron chi connectivity index (χ1n) is 7.46. The number of ether oxygens (including phenoxy) is 2. The molecule has 2 rings (SSSR count). The van der Waals surface area contributed by atoms with Crippen molar-refractivity contribution in [1.29, 1.82) is 0 Å². The normalized spacial score (nSPS) is 10.0. The number of nitrogen functional groups attached to an aromatic ring is 1. The van der Waals surface area contributed by atoms with Crippen molar-refractivity contribution in [2.24, 2.45) is 0 Å². The number of para-hydroxylation sites is 1. The highest BCUT2D eigenvalue weighted by molar-refractivity contribution is 6.01. The van der Waals surface area contributed by atoms with E-state index in [1.807, 2.05) is 32.0 Å². The summed E-state index contributed by atoms with van der Waals surface area (Å²) in [5.41, 5.74) is 7.59. The minimum Gasteiger partial charge on any atom is -0.492 e. The number of nitrogens with one attached hydrogen (secondary N) is 2. The zero-order valence-corrected chi connectivity index (χ0v) is 13.3. The molecule has 6 nitrogen and oxygen atoms in total. The molecule has 0 heterocycles. The van der Waals surface area contributed by atoms with E-state index in [1.165, 1.54) is 0 Å². The predicted molar refractivity (Wildman–Crippen MR) is 92.3 cm³/mol. The van der Waals surface area contributed by atoms with Gasteiger partial charge in [-0.1, -0.05) is 18.2 Å². The van der Waals surface area contributed by atoms with Crippen LogP contribution in [0.15, 0.2) is 42.5 Å². The van der Waals surface area contributed by atoms with Gasteiger partial charge in [0, 0.05) is 17.8 Å². The number of hydrogen-bond donors (Lipinski definition) is 3. The van der Waals surface area contributed by atoms with Crippen molar-refractivity contribution in [3.8, 4) is 11.5 Å². The second-order valence-electron chi connectivity index (χ2n) is 4.70. The summed E-state index contributed by atoms with van der Waals surface area (Å²) in [5.74, 6) is 1.00. The van der Waals surface area contributed by atoms with Crippen molar-refractivity contribution in [2.45, 2.75) is 13.8 Å². The number of carbonyl (C=O) groups is 1. The molecule has 0 unspecified atom stereocenters. The Morgan fingerprint density at radius 3 is 2.30 bits per heavy atom. The van der Waals surface area contributed by atoms with Gasteiger partial charge in [0.1, 0.15) is 11.5 Å². The van der Waals surface area contributed by atoms with Crippen molar-refractivity contribution in [3.63, 3.8) is 0 Å². The molecule has 2 aromatic rings. The van der Waals surface area contributed by atoms with E-state index in [-0.39, 0.29) is 6.03 Å². The van der Waals surface area contributed by atoms with Crippen molar-refractivity contribution < 1.29 is 14.3 Å². The average molecular weight is 315 g/mol. The lowest BCUT2D eigenvalue weighted by Crippen LogP contribution is -2.20. The van der Waals surface area contributed by atoms with Gasteiger partial charge in [0.05, 0.1) is 24.6 Å². The number of nitrogens with two attached hydrogens (primary N) is 1. The molecule has 0 aromatic heterocycles. The number of anilines is 3. The van der Waals surface area contributed by atoms with Gasteiger partial charge in [-0.25, -0.2) is 4.79 Å². The molecule has 0 aliphatic heterocycles. The number of carbonyl (C=O) groups excluding carboxylic acids is 1. The lowest BCUT2D eigenvalue weighted by atomic mass is 10.2. The Morgan fingerprint density at radius 1 is 1.00 bits per heavy atom. The molecule has 6 heteroatoms. The Kier molecular flexibility index (Phi) is 5.68. The second-order valence-corrected chi connectivity index (χ2v) is 4.70. The fraction of sp³-hybridized carbons (Fsp3) is 0.235. The monoisotopic (exact) mass is 315 g/mol. The van der Waals surface area contributed by atoms with Gasteiger partial charge in [0.25, 0.3) is 0 Å². The molecule has 0 aliphatic rings. The largest absolute Gasteiger partial charge is 0.492 e. The number of rotatable bonds is 6. The maximum absolute atomic E-state index is 12.1. The fourth-order valence-corrected chi connectivity index (χ4v) is 2.03. The first-order chi connectivity index (χ1) is 11.1. The molecule has 0 aliphatic carbocycles. The third-order valence-electron chi connectivity index (χ3n) is 2.99. The minimum absolute atomic E-state index is 0.371. The first-order valence-corrected chi connectivity index (χ1v) is 7.46. The van der Waals surface area contributed by atoms with E-state index in [0.717, 1.165) is 0 Å². The van der Waals surface area contributed by atoms with Crippen LogP contribution in [0.5, 0.6) is 11.5 Å². The molecular formula is C17H21N3O3. The van der Waals surface area contributed by atoms with Gasteiger partial charge in [-0.05, 0) is 26.0 Å². The fourth-order valence-electron chi connectivity index (χ4n) is 2.03. The highest BCUT2D eigenvalue weighted by atomic mass is 16.5. The summed E-state index contributed by atoms with van der Waals surface area (Å²) in [5, 5.41) is 5.51. The smallest absolute Gasteiger partial charge is 0.323 e. The summed E-state index contributed by atoms with van der Waals surface area (Å²) in [6, 6.07) is 12.1. The van der Waals surface area contributed by atoms with Gasteiger partial charge in [-0.15, -0.1) is 0 Å². The van der Waals surface area contributed by atoms with Crippen LogP contribution in [0.1, 0.15) is 13.8 Å². The quantitative estimate of drug-likeness (QED) is 0.709. The number of benzene rings is 2. The van der Waals surface area contributed by atoms with E-state index >= 15 is 0 Å². The first kappa shape index (κ1) is 16.5. The molecule has 0 radical (unpaired) electrons. The molecule has 122 valence electrons. The van der Waals surface area contributed by atoms with Crippen LogP contribution in [-0.2, 0) is 0 Å². The molecule has 2 aromatic carbocycles. The predicted octanol–water partition coefficient (Wildman–Crippen LogP) is 3.71. The summed E-state index contributed by atoms with van der Waals surface area (Å²) >= 11 is 0. The van der Waals surface area contributed by atoms with E-state index in [4.69, 9.17) is 15.2 Å². The topological polar surface area (TPSA) is 85.6 Å². The van der Waals surface area contributed by atoms with Crippen molar-refractivity contribution in [2.75, 3.05) is 29.6 Å². The van der Waals surface area contributed by atoms with Crippen LogP contribution in [0.4, 0.5) is 21.9 Å². The zero-order valence-electron chi connectivity index (χ0n) is 13.3. The van der Waals surface area contributed by atoms with Gasteiger partial charge >= 0.3 is 6.03 Å². The highest BCUT2D eigenvalue weighted by Gasteiger charge is 2.13. The molecule has 0 saturated heterocycles. The standard InChI is InChI=1S/C17H21N3O3/c1-3-22-15-11-14(16(23-4-2)10-13(15)18)20-17(21)19-12-8-6-5-7-9-12/h5-11H,3-4,18H2,1-2H3,(H2,19,20,21).